The van der Waals surface area contributed by atoms with Gasteiger partial charge in [-0.15, -0.1) is 0 Å². The van der Waals surface area contributed by atoms with E-state index in [2.05, 4.69) is 138 Å². The lowest BCUT2D eigenvalue weighted by molar-refractivity contribution is 0.607. The van der Waals surface area contributed by atoms with Crippen LogP contribution in [0.3, 0.4) is 0 Å². The molecule has 7 aromatic carbocycles. The van der Waals surface area contributed by atoms with Crippen LogP contribution in [0.5, 0.6) is 0 Å². The van der Waals surface area contributed by atoms with Crippen molar-refractivity contribution in [1.82, 2.24) is 4.98 Å². The average molecular weight is 752 g/mol. The van der Waals surface area contributed by atoms with Crippen molar-refractivity contribution < 1.29 is 4.42 Å². The largest absolute Gasteiger partial charge is 0.453 e. The highest BCUT2D eigenvalue weighted by Crippen LogP contribution is 2.54. The van der Waals surface area contributed by atoms with E-state index in [1.807, 2.05) is 24.4 Å². The highest BCUT2D eigenvalue weighted by Gasteiger charge is 2.30. The Bertz CT molecular complexity index is 2940. The van der Waals surface area contributed by atoms with Gasteiger partial charge in [0.2, 0.25) is 0 Å². The Morgan fingerprint density at radius 1 is 0.520 bits per heavy atom. The molecule has 11 rings (SSSR count). The van der Waals surface area contributed by atoms with E-state index in [4.69, 9.17) is 14.4 Å². The molecule has 5 heteroatoms. The maximum absolute atomic E-state index is 6.48. The molecule has 0 amide bonds. The zero-order chi connectivity index (χ0) is 32.8. The summed E-state index contributed by atoms with van der Waals surface area (Å²) < 4.78 is 8.76. The van der Waals surface area contributed by atoms with E-state index >= 15 is 0 Å². The number of hydrogen-bond acceptors (Lipinski definition) is 4. The van der Waals surface area contributed by atoms with Gasteiger partial charge in [-0.1, -0.05) is 109 Å². The number of benzene rings is 7. The van der Waals surface area contributed by atoms with Gasteiger partial charge in [0.1, 0.15) is 15.0 Å². The Kier molecular flexibility index (Phi) is 6.04. The minimum absolute atomic E-state index is 0.731. The number of aromatic nitrogens is 1. The molecule has 0 spiro atoms. The molecule has 0 unspecified atom stereocenters. The first-order valence-corrected chi connectivity index (χ1v) is 18.9. The summed E-state index contributed by atoms with van der Waals surface area (Å²) in [4.78, 5) is 12.7. The van der Waals surface area contributed by atoms with Crippen molar-refractivity contribution in [3.05, 3.63) is 175 Å². The summed E-state index contributed by atoms with van der Waals surface area (Å²) in [7, 11) is 0. The van der Waals surface area contributed by atoms with Crippen LogP contribution in [0.15, 0.2) is 167 Å². The first kappa shape index (κ1) is 28.0. The number of hydrogen-bond donors (Lipinski definition) is 0. The molecule has 0 saturated carbocycles. The monoisotopic (exact) mass is 751 g/mol. The van der Waals surface area contributed by atoms with E-state index in [-0.39, 0.29) is 0 Å². The fraction of sp³-hybridized carbons (Fsp3) is 0. The van der Waals surface area contributed by atoms with E-state index in [1.54, 1.807) is 0 Å². The number of nitrogens with zero attached hydrogens (tertiary/aromatic N) is 3. The molecule has 50 heavy (non-hydrogen) atoms. The summed E-state index contributed by atoms with van der Waals surface area (Å²) in [5, 5.41) is 8.44. The summed E-state index contributed by atoms with van der Waals surface area (Å²) >= 11 is -0.731. The van der Waals surface area contributed by atoms with E-state index in [0.29, 0.717) is 0 Å². The maximum atomic E-state index is 6.48. The molecule has 0 atom stereocenters. The lowest BCUT2D eigenvalue weighted by Crippen LogP contribution is -2.16. The van der Waals surface area contributed by atoms with Crippen molar-refractivity contribution >= 4 is 94.0 Å². The van der Waals surface area contributed by atoms with Gasteiger partial charge in [0.15, 0.2) is 5.76 Å². The van der Waals surface area contributed by atoms with E-state index in [1.165, 1.54) is 54.8 Å². The van der Waals surface area contributed by atoms with Crippen molar-refractivity contribution in [2.75, 3.05) is 4.90 Å². The predicted octanol–water partition coefficient (Wildman–Crippen LogP) is 12.4. The second kappa shape index (κ2) is 10.8. The smallest absolute Gasteiger partial charge is 0.169 e. The third-order valence-electron chi connectivity index (χ3n) is 9.96. The fourth-order valence-corrected chi connectivity index (χ4v) is 10.7. The zero-order valence-electron chi connectivity index (χ0n) is 26.6. The standard InChI is InChI=1S/C45H26IN3O/c1-2-14-29-27(11-1)24-25-38-41(29)34-19-7-12-28-13-8-22-37(40(28)34)49(38)36-21-10-16-30-31(36)17-9-18-32(30)45-46-42(35-20-5-6-26-47-35)44-43(48-45)33-15-3-4-23-39(33)50-44/h1-26H. The van der Waals surface area contributed by atoms with Crippen LogP contribution in [0.1, 0.15) is 17.0 Å². The number of furan rings is 1. The molecule has 0 aliphatic carbocycles. The number of fused-ring (bicyclic) bond motifs is 8. The molecular weight excluding hydrogens is 725 g/mol. The summed E-state index contributed by atoms with van der Waals surface area (Å²) in [6.07, 6.45) is 1.86. The van der Waals surface area contributed by atoms with Gasteiger partial charge in [-0.25, -0.2) is 4.99 Å². The number of para-hydroxylation sites is 1. The Morgan fingerprint density at radius 3 is 2.16 bits per heavy atom. The molecular formula is C45H26IN3O. The van der Waals surface area contributed by atoms with Crippen LogP contribution in [-0.2, 0) is 0 Å². The molecule has 0 N–H and O–H groups in total. The highest BCUT2D eigenvalue weighted by molar-refractivity contribution is 14.2. The Morgan fingerprint density at radius 2 is 1.24 bits per heavy atom. The van der Waals surface area contributed by atoms with Crippen molar-refractivity contribution in [2.24, 2.45) is 4.99 Å². The van der Waals surface area contributed by atoms with Crippen LogP contribution < -0.4 is 4.90 Å². The molecule has 0 saturated heterocycles. The van der Waals surface area contributed by atoms with Gasteiger partial charge in [0.25, 0.3) is 0 Å². The first-order valence-electron chi connectivity index (χ1n) is 16.7. The van der Waals surface area contributed by atoms with Crippen LogP contribution in [0.25, 0.3) is 54.4 Å². The van der Waals surface area contributed by atoms with Gasteiger partial charge in [-0.2, -0.15) is 0 Å². The SMILES string of the molecule is c1ccc(C2=IC(c3cccc4c(N5c6ccc7ccccc7c6-c6cccc7cccc5c67)cccc34)=Nc3c2oc2ccccc32)nc1. The Labute approximate surface area is 297 Å². The van der Waals surface area contributed by atoms with Crippen LogP contribution in [0.2, 0.25) is 0 Å². The minimum atomic E-state index is -0.731. The Balaban J connectivity index is 1.18. The van der Waals surface area contributed by atoms with Crippen LogP contribution >= 0.6 is 20.7 Å². The van der Waals surface area contributed by atoms with Crippen LogP contribution in [-0.4, -0.2) is 12.2 Å². The van der Waals surface area contributed by atoms with Gasteiger partial charge in [-0.3, -0.25) is 4.98 Å². The van der Waals surface area contributed by atoms with E-state index in [9.17, 15) is 0 Å². The first-order chi connectivity index (χ1) is 24.8. The normalized spacial score (nSPS) is 13.6. The summed E-state index contributed by atoms with van der Waals surface area (Å²) in [6, 6.07) is 54.4. The van der Waals surface area contributed by atoms with Gasteiger partial charge < -0.3 is 9.32 Å². The number of anilines is 3. The lowest BCUT2D eigenvalue weighted by Gasteiger charge is -2.35. The molecule has 4 nitrogen and oxygen atoms in total. The van der Waals surface area contributed by atoms with Crippen LogP contribution in [0, 0.1) is 0 Å². The number of rotatable bonds is 3. The molecule has 0 radical (unpaired) electrons. The summed E-state index contributed by atoms with van der Waals surface area (Å²) in [5.41, 5.74) is 9.97. The number of pyridine rings is 1. The number of halogens is 1. The fourth-order valence-electron chi connectivity index (χ4n) is 7.81. The molecule has 2 aliphatic heterocycles. The Hall–Kier alpha value is -5.92. The second-order valence-electron chi connectivity index (χ2n) is 12.7. The predicted molar refractivity (Wildman–Crippen MR) is 217 cm³/mol. The number of aliphatic imine (C=N–C) groups is 1. The van der Waals surface area contributed by atoms with Gasteiger partial charge in [-0.05, 0) is 90.3 Å². The summed E-state index contributed by atoms with van der Waals surface area (Å²) in [6.45, 7) is 0. The molecule has 2 aliphatic rings. The molecule has 0 bridgehead atoms. The highest BCUT2D eigenvalue weighted by atomic mass is 127. The molecule has 2 aromatic heterocycles. The maximum Gasteiger partial charge on any atom is 0.169 e. The lowest BCUT2D eigenvalue weighted by atomic mass is 9.87. The molecule has 4 heterocycles. The molecule has 234 valence electrons. The second-order valence-corrected chi connectivity index (χ2v) is 15.3. The average Bonchev–Trinajstić information content (AvgIpc) is 3.56. The zero-order valence-corrected chi connectivity index (χ0v) is 28.8. The van der Waals surface area contributed by atoms with Crippen LogP contribution in [0.4, 0.5) is 22.7 Å². The quantitative estimate of drug-likeness (QED) is 0.169. The third kappa shape index (κ3) is 4.01. The van der Waals surface area contributed by atoms with E-state index in [0.717, 1.165) is 46.6 Å². The van der Waals surface area contributed by atoms with Gasteiger partial charge in [0, 0.05) is 33.5 Å². The van der Waals surface area contributed by atoms with Crippen molar-refractivity contribution in [2.45, 2.75) is 0 Å². The molecule has 9 aromatic rings. The van der Waals surface area contributed by atoms with Crippen molar-refractivity contribution in [3.8, 4) is 11.1 Å². The molecule has 0 fully saturated rings. The van der Waals surface area contributed by atoms with E-state index < -0.39 is 20.7 Å². The van der Waals surface area contributed by atoms with Crippen molar-refractivity contribution in [3.63, 3.8) is 0 Å². The minimum Gasteiger partial charge on any atom is -0.453 e. The van der Waals surface area contributed by atoms with Gasteiger partial charge in [0.05, 0.1) is 26.3 Å². The third-order valence-corrected chi connectivity index (χ3v) is 12.9. The topological polar surface area (TPSA) is 41.6 Å². The van der Waals surface area contributed by atoms with Crippen molar-refractivity contribution in [1.29, 1.82) is 0 Å². The summed E-state index contributed by atoms with van der Waals surface area (Å²) in [5.74, 6) is 0.853. The van der Waals surface area contributed by atoms with Gasteiger partial charge >= 0.3 is 0 Å².